The number of ether oxygens (including phenoxy) is 2. The molecule has 0 aromatic heterocycles. The first-order valence-corrected chi connectivity index (χ1v) is 13.4. The molecule has 0 amide bonds. The first-order valence-electron chi connectivity index (χ1n) is 13.4. The first kappa shape index (κ1) is 29.2. The van der Waals surface area contributed by atoms with Crippen LogP contribution in [0.4, 0.5) is 0 Å². The molecule has 0 bridgehead atoms. The lowest BCUT2D eigenvalue weighted by atomic mass is 9.79. The Balaban J connectivity index is 1.62. The maximum atomic E-state index is 11.3. The maximum absolute atomic E-state index is 11.3. The van der Waals surface area contributed by atoms with Crippen LogP contribution in [0.1, 0.15) is 70.7 Å². The van der Waals surface area contributed by atoms with Crippen LogP contribution in [-0.4, -0.2) is 30.4 Å². The smallest absolute Gasteiger partial charge is 0.333 e. The second-order valence-corrected chi connectivity index (χ2v) is 11.8. The Bertz CT molecular complexity index is 1190. The number of aliphatic carboxylic acids is 1. The van der Waals surface area contributed by atoms with Gasteiger partial charge in [0.2, 0.25) is 0 Å². The highest BCUT2D eigenvalue weighted by Crippen LogP contribution is 2.34. The molecule has 1 N–H and O–H groups in total. The van der Waals surface area contributed by atoms with Crippen LogP contribution in [0.2, 0.25) is 0 Å². The molecule has 3 aromatic rings. The van der Waals surface area contributed by atoms with Crippen molar-refractivity contribution in [2.75, 3.05) is 13.2 Å². The number of carboxylic acid groups (broad SMARTS) is 1. The Morgan fingerprint density at radius 2 is 1.42 bits per heavy atom. The molecule has 0 aliphatic heterocycles. The summed E-state index contributed by atoms with van der Waals surface area (Å²) in [7, 11) is 0. The van der Waals surface area contributed by atoms with E-state index < -0.39 is 12.1 Å². The van der Waals surface area contributed by atoms with Gasteiger partial charge in [0, 0.05) is 13.0 Å². The van der Waals surface area contributed by atoms with Crippen molar-refractivity contribution in [3.8, 4) is 16.9 Å². The van der Waals surface area contributed by atoms with Crippen LogP contribution in [-0.2, 0) is 26.8 Å². The Kier molecular flexibility index (Phi) is 9.56. The lowest BCUT2D eigenvalue weighted by Crippen LogP contribution is -2.26. The number of hydrogen-bond acceptors (Lipinski definition) is 3. The topological polar surface area (TPSA) is 55.8 Å². The van der Waals surface area contributed by atoms with Crippen molar-refractivity contribution in [1.82, 2.24) is 0 Å². The van der Waals surface area contributed by atoms with E-state index in [4.69, 9.17) is 9.47 Å². The van der Waals surface area contributed by atoms with Crippen molar-refractivity contribution in [1.29, 1.82) is 0 Å². The molecule has 0 heterocycles. The number of hydrogen-bond donors (Lipinski definition) is 1. The van der Waals surface area contributed by atoms with Gasteiger partial charge in [0.1, 0.15) is 12.4 Å². The van der Waals surface area contributed by atoms with E-state index in [1.165, 1.54) is 22.3 Å². The summed E-state index contributed by atoms with van der Waals surface area (Å²) >= 11 is 0. The number of benzene rings is 3. The molecule has 202 valence electrons. The second kappa shape index (κ2) is 12.4. The summed E-state index contributed by atoms with van der Waals surface area (Å²) in [5, 5.41) is 9.25. The SMILES string of the molecule is CCOC(Cc1ccc(OCC=Cc2ccc(-c3cc(C(C)(C)C)cc(C(C)(C)C)c3)cc2)cc1)C(=O)O. The van der Waals surface area contributed by atoms with Crippen LogP contribution >= 0.6 is 0 Å². The lowest BCUT2D eigenvalue weighted by Gasteiger charge is -2.26. The normalized spacial score (nSPS) is 13.0. The van der Waals surface area contributed by atoms with E-state index in [0.717, 1.165) is 16.9 Å². The molecule has 0 saturated heterocycles. The van der Waals surface area contributed by atoms with Crippen LogP contribution < -0.4 is 4.74 Å². The third-order valence-electron chi connectivity index (χ3n) is 6.55. The van der Waals surface area contributed by atoms with Gasteiger partial charge >= 0.3 is 5.97 Å². The van der Waals surface area contributed by atoms with E-state index in [-0.39, 0.29) is 10.8 Å². The fraction of sp³-hybridized carbons (Fsp3) is 0.382. The molecule has 0 aliphatic carbocycles. The van der Waals surface area contributed by atoms with Gasteiger partial charge in [-0.3, -0.25) is 0 Å². The van der Waals surface area contributed by atoms with Gasteiger partial charge in [-0.15, -0.1) is 0 Å². The molecular formula is C34H42O4. The molecule has 4 heteroatoms. The Hall–Kier alpha value is -3.37. The minimum Gasteiger partial charge on any atom is -0.490 e. The van der Waals surface area contributed by atoms with Crippen molar-refractivity contribution in [2.24, 2.45) is 0 Å². The van der Waals surface area contributed by atoms with Crippen LogP contribution in [0.3, 0.4) is 0 Å². The molecule has 4 nitrogen and oxygen atoms in total. The largest absolute Gasteiger partial charge is 0.490 e. The zero-order chi connectivity index (χ0) is 27.9. The van der Waals surface area contributed by atoms with Crippen LogP contribution in [0, 0.1) is 0 Å². The third kappa shape index (κ3) is 8.32. The molecule has 1 atom stereocenters. The van der Waals surface area contributed by atoms with Gasteiger partial charge < -0.3 is 14.6 Å². The summed E-state index contributed by atoms with van der Waals surface area (Å²) in [5.74, 6) is -0.205. The molecule has 0 fully saturated rings. The molecule has 0 aliphatic rings. The van der Waals surface area contributed by atoms with E-state index in [0.29, 0.717) is 19.6 Å². The fourth-order valence-corrected chi connectivity index (χ4v) is 4.13. The summed E-state index contributed by atoms with van der Waals surface area (Å²) in [6.45, 7) is 16.2. The van der Waals surface area contributed by atoms with Gasteiger partial charge in [0.05, 0.1) is 0 Å². The molecule has 1 unspecified atom stereocenters. The third-order valence-corrected chi connectivity index (χ3v) is 6.55. The molecule has 3 aromatic carbocycles. The fourth-order valence-electron chi connectivity index (χ4n) is 4.13. The van der Waals surface area contributed by atoms with E-state index in [1.54, 1.807) is 6.92 Å². The summed E-state index contributed by atoms with van der Waals surface area (Å²) in [6, 6.07) is 23.1. The average Bonchev–Trinajstić information content (AvgIpc) is 2.86. The van der Waals surface area contributed by atoms with E-state index in [9.17, 15) is 9.90 Å². The van der Waals surface area contributed by atoms with Crippen molar-refractivity contribution in [2.45, 2.75) is 71.8 Å². The van der Waals surface area contributed by atoms with Crippen molar-refractivity contribution in [3.63, 3.8) is 0 Å². The van der Waals surface area contributed by atoms with Crippen molar-refractivity contribution in [3.05, 3.63) is 95.1 Å². The zero-order valence-corrected chi connectivity index (χ0v) is 23.9. The molecule has 0 spiro atoms. The Morgan fingerprint density at radius 1 is 0.842 bits per heavy atom. The van der Waals surface area contributed by atoms with Gasteiger partial charge in [-0.05, 0) is 69.3 Å². The van der Waals surface area contributed by atoms with Crippen molar-refractivity contribution >= 4 is 12.0 Å². The molecule has 0 saturated carbocycles. The molecule has 0 radical (unpaired) electrons. The summed E-state index contributed by atoms with van der Waals surface area (Å²) in [4.78, 5) is 11.3. The predicted molar refractivity (Wildman–Crippen MR) is 157 cm³/mol. The molecular weight excluding hydrogens is 472 g/mol. The van der Waals surface area contributed by atoms with Gasteiger partial charge in [-0.1, -0.05) is 102 Å². The monoisotopic (exact) mass is 514 g/mol. The zero-order valence-electron chi connectivity index (χ0n) is 23.9. The highest BCUT2D eigenvalue weighted by atomic mass is 16.5. The minimum atomic E-state index is -0.946. The molecule has 38 heavy (non-hydrogen) atoms. The standard InChI is InChI=1S/C34H42O4/c1-8-37-31(32(35)36)20-25-13-17-30(18-14-25)38-19-9-10-24-11-15-26(16-12-24)27-21-28(33(2,3)4)23-29(22-27)34(5,6)7/h9-18,21-23,31H,8,19-20H2,1-7H3,(H,35,36). The van der Waals surface area contributed by atoms with E-state index in [1.807, 2.05) is 30.3 Å². The van der Waals surface area contributed by atoms with Gasteiger partial charge in [-0.25, -0.2) is 4.79 Å². The van der Waals surface area contributed by atoms with Gasteiger partial charge in [-0.2, -0.15) is 0 Å². The Morgan fingerprint density at radius 3 is 1.92 bits per heavy atom. The van der Waals surface area contributed by atoms with Crippen LogP contribution in [0.5, 0.6) is 5.75 Å². The summed E-state index contributed by atoms with van der Waals surface area (Å²) in [5.41, 5.74) is 7.36. The van der Waals surface area contributed by atoms with Crippen LogP contribution in [0.25, 0.3) is 17.2 Å². The summed E-state index contributed by atoms with van der Waals surface area (Å²) in [6.07, 6.45) is 3.56. The quantitative estimate of drug-likeness (QED) is 0.297. The van der Waals surface area contributed by atoms with Gasteiger partial charge in [0.25, 0.3) is 0 Å². The summed E-state index contributed by atoms with van der Waals surface area (Å²) < 4.78 is 11.1. The highest BCUT2D eigenvalue weighted by Gasteiger charge is 2.21. The number of rotatable bonds is 10. The van der Waals surface area contributed by atoms with E-state index >= 15 is 0 Å². The number of carbonyl (C=O) groups is 1. The average molecular weight is 515 g/mol. The lowest BCUT2D eigenvalue weighted by molar-refractivity contribution is -0.149. The van der Waals surface area contributed by atoms with Gasteiger partial charge in [0.15, 0.2) is 6.10 Å². The predicted octanol–water partition coefficient (Wildman–Crippen LogP) is 8.07. The number of carboxylic acids is 1. The maximum Gasteiger partial charge on any atom is 0.333 e. The first-order chi connectivity index (χ1) is 17.9. The van der Waals surface area contributed by atoms with Crippen molar-refractivity contribution < 1.29 is 19.4 Å². The molecule has 3 rings (SSSR count). The minimum absolute atomic E-state index is 0.0867. The van der Waals surface area contributed by atoms with Crippen LogP contribution in [0.15, 0.2) is 72.8 Å². The van der Waals surface area contributed by atoms with E-state index in [2.05, 4.69) is 90.1 Å². The highest BCUT2D eigenvalue weighted by molar-refractivity contribution is 5.72. The second-order valence-electron chi connectivity index (χ2n) is 11.8. The Labute approximate surface area is 228 Å².